The van der Waals surface area contributed by atoms with Gasteiger partial charge in [-0.05, 0) is 29.8 Å². The number of esters is 1. The van der Waals surface area contributed by atoms with E-state index in [0.29, 0.717) is 11.1 Å². The van der Waals surface area contributed by atoms with Gasteiger partial charge in [-0.3, -0.25) is 10.1 Å². The van der Waals surface area contributed by atoms with Crippen LogP contribution in [0, 0.1) is 10.1 Å². The number of carbonyl (C=O) groups is 1. The Labute approximate surface area is 120 Å². The molecule has 0 aliphatic rings. The Balaban J connectivity index is 2.13. The van der Waals surface area contributed by atoms with Crippen LogP contribution in [0.3, 0.4) is 0 Å². The van der Waals surface area contributed by atoms with Crippen molar-refractivity contribution in [1.29, 1.82) is 0 Å². The molecule has 0 aliphatic heterocycles. The molecular weight excluding hydrogens is 277 g/mol. The highest BCUT2D eigenvalue weighted by molar-refractivity contribution is 5.89. The number of hydrogen-bond acceptors (Lipinski definition) is 4. The molecule has 0 aliphatic carbocycles. The summed E-state index contributed by atoms with van der Waals surface area (Å²) in [4.78, 5) is 21.9. The highest BCUT2D eigenvalue weighted by atomic mass is 19.1. The Morgan fingerprint density at radius 1 is 1.14 bits per heavy atom. The number of halogens is 1. The van der Waals surface area contributed by atoms with Gasteiger partial charge in [-0.25, -0.2) is 9.18 Å². The molecule has 0 radical (unpaired) electrons. The van der Waals surface area contributed by atoms with E-state index >= 15 is 0 Å². The zero-order valence-electron chi connectivity index (χ0n) is 10.9. The van der Waals surface area contributed by atoms with Crippen molar-refractivity contribution in [1.82, 2.24) is 0 Å². The van der Waals surface area contributed by atoms with Crippen LogP contribution in [-0.4, -0.2) is 17.6 Å². The molecule has 21 heavy (non-hydrogen) atoms. The molecule has 0 unspecified atom stereocenters. The molecule has 0 saturated heterocycles. The van der Waals surface area contributed by atoms with Gasteiger partial charge < -0.3 is 4.74 Å². The molecule has 0 spiro atoms. The number of nitrogens with zero attached hydrogens (tertiary/aromatic N) is 1. The van der Waals surface area contributed by atoms with Crippen molar-refractivity contribution in [2.75, 3.05) is 6.67 Å². The molecule has 2 aromatic carbocycles. The zero-order chi connectivity index (χ0) is 15.2. The Morgan fingerprint density at radius 3 is 2.29 bits per heavy atom. The Morgan fingerprint density at radius 2 is 1.76 bits per heavy atom. The van der Waals surface area contributed by atoms with Crippen LogP contribution in [0.2, 0.25) is 0 Å². The quantitative estimate of drug-likeness (QED) is 0.480. The largest absolute Gasteiger partial charge is 0.451 e. The fourth-order valence-electron chi connectivity index (χ4n) is 1.77. The number of non-ortho nitro benzene ring substituents is 1. The summed E-state index contributed by atoms with van der Waals surface area (Å²) in [6.45, 7) is -0.906. The van der Waals surface area contributed by atoms with Gasteiger partial charge in [-0.1, -0.05) is 18.2 Å². The van der Waals surface area contributed by atoms with Gasteiger partial charge in [0.25, 0.3) is 5.69 Å². The van der Waals surface area contributed by atoms with Crippen LogP contribution in [-0.2, 0) is 4.74 Å². The molecule has 0 heterocycles. The predicted molar refractivity (Wildman–Crippen MR) is 73.7 cm³/mol. The van der Waals surface area contributed by atoms with Crippen molar-refractivity contribution in [2.24, 2.45) is 0 Å². The van der Waals surface area contributed by atoms with Gasteiger partial charge in [0.05, 0.1) is 10.5 Å². The third-order valence-corrected chi connectivity index (χ3v) is 2.87. The van der Waals surface area contributed by atoms with E-state index in [9.17, 15) is 19.3 Å². The summed E-state index contributed by atoms with van der Waals surface area (Å²) < 4.78 is 18.2. The molecule has 5 nitrogen and oxygen atoms in total. The number of alkyl halides is 1. The zero-order valence-corrected chi connectivity index (χ0v) is 10.9. The maximum atomic E-state index is 13.1. The number of ether oxygens (including phenoxy) is 1. The molecule has 6 heteroatoms. The lowest BCUT2D eigenvalue weighted by Crippen LogP contribution is -2.13. The first-order valence-electron chi connectivity index (χ1n) is 6.18. The first-order valence-corrected chi connectivity index (χ1v) is 6.18. The third kappa shape index (κ3) is 3.62. The molecule has 0 saturated carbocycles. The SMILES string of the molecule is O=C(O[C@H](CF)c1ccc([N+](=O)[O-])cc1)c1ccccc1. The molecular formula is C15H12FNO4. The molecule has 0 aromatic heterocycles. The Bertz CT molecular complexity index is 628. The topological polar surface area (TPSA) is 69.4 Å². The van der Waals surface area contributed by atoms with Crippen LogP contribution in [0.15, 0.2) is 54.6 Å². The minimum Gasteiger partial charge on any atom is -0.451 e. The van der Waals surface area contributed by atoms with Gasteiger partial charge in [-0.2, -0.15) is 0 Å². The van der Waals surface area contributed by atoms with Crippen LogP contribution >= 0.6 is 0 Å². The first-order chi connectivity index (χ1) is 10.1. The minimum atomic E-state index is -1.08. The van der Waals surface area contributed by atoms with E-state index in [-0.39, 0.29) is 5.69 Å². The van der Waals surface area contributed by atoms with Crippen LogP contribution in [0.5, 0.6) is 0 Å². The van der Waals surface area contributed by atoms with Crippen molar-refractivity contribution < 1.29 is 18.8 Å². The van der Waals surface area contributed by atoms with E-state index in [1.165, 1.54) is 24.3 Å². The fourth-order valence-corrected chi connectivity index (χ4v) is 1.77. The summed E-state index contributed by atoms with van der Waals surface area (Å²) in [5.41, 5.74) is 0.580. The summed E-state index contributed by atoms with van der Waals surface area (Å²) in [6, 6.07) is 13.5. The number of carbonyl (C=O) groups excluding carboxylic acids is 1. The normalized spacial score (nSPS) is 11.7. The number of nitro groups is 1. The average Bonchev–Trinajstić information content (AvgIpc) is 2.53. The Hall–Kier alpha value is -2.76. The van der Waals surface area contributed by atoms with E-state index < -0.39 is 23.7 Å². The molecule has 0 amide bonds. The van der Waals surface area contributed by atoms with E-state index in [2.05, 4.69) is 0 Å². The highest BCUT2D eigenvalue weighted by Gasteiger charge is 2.18. The van der Waals surface area contributed by atoms with Crippen molar-refractivity contribution >= 4 is 11.7 Å². The standard InChI is InChI=1S/C15H12FNO4/c16-10-14(11-6-8-13(9-7-11)17(19)20)21-15(18)12-4-2-1-3-5-12/h1-9,14H,10H2/t14-/m1/s1. The lowest BCUT2D eigenvalue weighted by atomic mass is 10.1. The van der Waals surface area contributed by atoms with Crippen molar-refractivity contribution in [3.63, 3.8) is 0 Å². The lowest BCUT2D eigenvalue weighted by Gasteiger charge is -2.15. The molecule has 1 atom stereocenters. The van der Waals surface area contributed by atoms with Gasteiger partial charge in [0.2, 0.25) is 0 Å². The van der Waals surface area contributed by atoms with Crippen molar-refractivity contribution in [3.8, 4) is 0 Å². The number of nitro benzene ring substituents is 1. The molecule has 2 rings (SSSR count). The molecule has 0 bridgehead atoms. The number of hydrogen-bond donors (Lipinski definition) is 0. The van der Waals surface area contributed by atoms with Gasteiger partial charge in [-0.15, -0.1) is 0 Å². The number of benzene rings is 2. The average molecular weight is 289 g/mol. The van der Waals surface area contributed by atoms with Crippen LogP contribution in [0.4, 0.5) is 10.1 Å². The smallest absolute Gasteiger partial charge is 0.338 e. The van der Waals surface area contributed by atoms with Crippen LogP contribution in [0.1, 0.15) is 22.0 Å². The van der Waals surface area contributed by atoms with Gasteiger partial charge in [0.1, 0.15) is 6.67 Å². The van der Waals surface area contributed by atoms with E-state index in [1.807, 2.05) is 0 Å². The molecule has 0 fully saturated rings. The summed E-state index contributed by atoms with van der Waals surface area (Å²) in [7, 11) is 0. The third-order valence-electron chi connectivity index (χ3n) is 2.87. The summed E-state index contributed by atoms with van der Waals surface area (Å²) in [5, 5.41) is 10.6. The second-order valence-corrected chi connectivity index (χ2v) is 4.26. The predicted octanol–water partition coefficient (Wildman–Crippen LogP) is 3.46. The van der Waals surface area contributed by atoms with Gasteiger partial charge >= 0.3 is 5.97 Å². The Kier molecular flexibility index (Phi) is 4.61. The maximum Gasteiger partial charge on any atom is 0.338 e. The second-order valence-electron chi connectivity index (χ2n) is 4.26. The monoisotopic (exact) mass is 289 g/mol. The van der Waals surface area contributed by atoms with Gasteiger partial charge in [0, 0.05) is 12.1 Å². The van der Waals surface area contributed by atoms with E-state index in [1.54, 1.807) is 30.3 Å². The number of rotatable bonds is 5. The minimum absolute atomic E-state index is 0.106. The molecule has 0 N–H and O–H groups in total. The van der Waals surface area contributed by atoms with Gasteiger partial charge in [0.15, 0.2) is 6.10 Å². The highest BCUT2D eigenvalue weighted by Crippen LogP contribution is 2.22. The van der Waals surface area contributed by atoms with Crippen molar-refractivity contribution in [2.45, 2.75) is 6.10 Å². The lowest BCUT2D eigenvalue weighted by molar-refractivity contribution is -0.384. The summed E-state index contributed by atoms with van der Waals surface area (Å²) >= 11 is 0. The van der Waals surface area contributed by atoms with Crippen LogP contribution in [0.25, 0.3) is 0 Å². The maximum absolute atomic E-state index is 13.1. The molecule has 108 valence electrons. The van der Waals surface area contributed by atoms with E-state index in [4.69, 9.17) is 4.74 Å². The second kappa shape index (κ2) is 6.60. The summed E-state index contributed by atoms with van der Waals surface area (Å²) in [5.74, 6) is -0.642. The van der Waals surface area contributed by atoms with Crippen molar-refractivity contribution in [3.05, 3.63) is 75.8 Å². The fraction of sp³-hybridized carbons (Fsp3) is 0.133. The molecule has 2 aromatic rings. The summed E-state index contributed by atoms with van der Waals surface area (Å²) in [6.07, 6.45) is -1.08. The first kappa shape index (κ1) is 14.6. The van der Waals surface area contributed by atoms with E-state index in [0.717, 1.165) is 0 Å². The van der Waals surface area contributed by atoms with Crippen LogP contribution < -0.4 is 0 Å².